The fourth-order valence-electron chi connectivity index (χ4n) is 2.65. The molecule has 0 spiro atoms. The molecule has 4 rings (SSSR count). The van der Waals surface area contributed by atoms with Gasteiger partial charge in [-0.05, 0) is 28.9 Å². The van der Waals surface area contributed by atoms with Gasteiger partial charge in [0, 0.05) is 37.3 Å². The Hall–Kier alpha value is -2.62. The Labute approximate surface area is 154 Å². The molecule has 1 aliphatic heterocycles. The molecule has 0 saturated carbocycles. The summed E-state index contributed by atoms with van der Waals surface area (Å²) in [6.07, 6.45) is 4.25. The van der Waals surface area contributed by atoms with Crippen LogP contribution in [0.5, 0.6) is 5.75 Å². The molecule has 0 aliphatic carbocycles. The van der Waals surface area contributed by atoms with Crippen molar-refractivity contribution in [3.8, 4) is 5.75 Å². The van der Waals surface area contributed by atoms with E-state index in [2.05, 4.69) is 35.5 Å². The van der Waals surface area contributed by atoms with Crippen LogP contribution in [0.1, 0.15) is 6.42 Å². The Morgan fingerprint density at radius 3 is 2.85 bits per heavy atom. The van der Waals surface area contributed by atoms with Gasteiger partial charge in [0.15, 0.2) is 11.6 Å². The maximum Gasteiger partial charge on any atom is 0.245 e. The van der Waals surface area contributed by atoms with Crippen LogP contribution in [0.25, 0.3) is 11.3 Å². The number of hydrogen-bond donors (Lipinski definition) is 1. The topological polar surface area (TPSA) is 102 Å². The number of nitrogens with zero attached hydrogens (tertiary/aromatic N) is 6. The number of pyridine rings is 1. The van der Waals surface area contributed by atoms with E-state index in [-0.39, 0.29) is 0 Å². The minimum Gasteiger partial charge on any atom is -0.492 e. The lowest BCUT2D eigenvalue weighted by Crippen LogP contribution is -2.34. The Morgan fingerprint density at radius 2 is 2.04 bits per heavy atom. The fourth-order valence-corrected chi connectivity index (χ4v) is 3.55. The lowest BCUT2D eigenvalue weighted by atomic mass is 10.4. The van der Waals surface area contributed by atoms with Crippen molar-refractivity contribution in [3.05, 3.63) is 24.5 Å². The highest BCUT2D eigenvalue weighted by molar-refractivity contribution is 7.99. The number of fused-ring (bicyclic) bond motifs is 1. The summed E-state index contributed by atoms with van der Waals surface area (Å²) in [7, 11) is 0. The average molecular weight is 373 g/mol. The van der Waals surface area contributed by atoms with E-state index in [1.165, 1.54) is 0 Å². The van der Waals surface area contributed by atoms with Crippen molar-refractivity contribution in [2.75, 3.05) is 48.0 Å². The van der Waals surface area contributed by atoms with Crippen molar-refractivity contribution in [2.45, 2.75) is 6.42 Å². The predicted molar refractivity (Wildman–Crippen MR) is 99.8 cm³/mol. The van der Waals surface area contributed by atoms with E-state index in [1.807, 2.05) is 23.9 Å². The quantitative estimate of drug-likeness (QED) is 0.617. The van der Waals surface area contributed by atoms with Crippen LogP contribution in [0.3, 0.4) is 0 Å². The molecule has 26 heavy (non-hydrogen) atoms. The first-order valence-electron chi connectivity index (χ1n) is 8.50. The fraction of sp³-hybridized carbons (Fsp3) is 0.438. The highest BCUT2D eigenvalue weighted by Crippen LogP contribution is 2.26. The summed E-state index contributed by atoms with van der Waals surface area (Å²) in [6.45, 7) is 3.18. The first-order chi connectivity index (χ1) is 12.9. The third-order valence-corrected chi connectivity index (χ3v) is 4.87. The van der Waals surface area contributed by atoms with E-state index in [0.29, 0.717) is 30.3 Å². The Morgan fingerprint density at radius 1 is 1.19 bits per heavy atom. The third-order valence-electron chi connectivity index (χ3n) is 3.92. The first-order valence-corrected chi connectivity index (χ1v) is 9.65. The van der Waals surface area contributed by atoms with Gasteiger partial charge in [0.1, 0.15) is 5.75 Å². The van der Waals surface area contributed by atoms with Crippen molar-refractivity contribution in [3.63, 3.8) is 0 Å². The van der Waals surface area contributed by atoms with Gasteiger partial charge in [-0.1, -0.05) is 0 Å². The highest BCUT2D eigenvalue weighted by atomic mass is 32.2. The average Bonchev–Trinajstić information content (AvgIpc) is 3.16. The van der Waals surface area contributed by atoms with Crippen molar-refractivity contribution in [2.24, 2.45) is 0 Å². The maximum absolute atomic E-state index is 5.66. The molecule has 0 bridgehead atoms. The van der Waals surface area contributed by atoms with Gasteiger partial charge in [-0.15, -0.1) is 0 Å². The molecule has 0 atom stereocenters. The Bertz CT molecular complexity index is 839. The lowest BCUT2D eigenvalue weighted by molar-refractivity contribution is 0.313. The number of ether oxygens (including phenoxy) is 1. The summed E-state index contributed by atoms with van der Waals surface area (Å²) in [5.41, 5.74) is 0.845. The van der Waals surface area contributed by atoms with Crippen molar-refractivity contribution in [1.82, 2.24) is 25.3 Å². The van der Waals surface area contributed by atoms with Crippen LogP contribution in [0.4, 0.5) is 11.6 Å². The molecule has 1 aliphatic rings. The molecule has 136 valence electrons. The smallest absolute Gasteiger partial charge is 0.245 e. The van der Waals surface area contributed by atoms with E-state index in [0.717, 1.165) is 42.6 Å². The Balaban J connectivity index is 1.39. The summed E-state index contributed by atoms with van der Waals surface area (Å²) in [5.74, 6) is 4.45. The van der Waals surface area contributed by atoms with E-state index < -0.39 is 0 Å². The number of aromatic nitrogens is 5. The summed E-state index contributed by atoms with van der Waals surface area (Å²) < 4.78 is 10.4. The van der Waals surface area contributed by atoms with Gasteiger partial charge in [-0.25, -0.2) is 14.6 Å². The van der Waals surface area contributed by atoms with Crippen molar-refractivity contribution < 1.29 is 9.37 Å². The van der Waals surface area contributed by atoms with E-state index in [4.69, 9.17) is 9.37 Å². The molecule has 0 unspecified atom stereocenters. The van der Waals surface area contributed by atoms with Gasteiger partial charge in [-0.2, -0.15) is 11.8 Å². The second-order valence-corrected chi connectivity index (χ2v) is 6.95. The molecule has 0 amide bonds. The molecule has 0 aromatic carbocycles. The molecule has 1 N–H and O–H groups in total. The second kappa shape index (κ2) is 8.17. The zero-order valence-corrected chi connectivity index (χ0v) is 15.0. The summed E-state index contributed by atoms with van der Waals surface area (Å²) >= 11 is 1.95. The molecule has 0 radical (unpaired) electrons. The van der Waals surface area contributed by atoms with Crippen LogP contribution >= 0.6 is 11.8 Å². The van der Waals surface area contributed by atoms with E-state index >= 15 is 0 Å². The van der Waals surface area contributed by atoms with E-state index in [9.17, 15) is 0 Å². The molecule has 4 heterocycles. The summed E-state index contributed by atoms with van der Waals surface area (Å²) in [5, 5.41) is 11.0. The van der Waals surface area contributed by atoms with Gasteiger partial charge in [0.2, 0.25) is 11.3 Å². The first kappa shape index (κ1) is 16.8. The minimum atomic E-state index is 0.411. The Kier molecular flexibility index (Phi) is 5.29. The molecular weight excluding hydrogens is 354 g/mol. The standard InChI is InChI=1S/C16H19N7O2S/c1-3-12(11-17-4-1)24-8-2-5-18-15-16(23-6-9-26-10-7-23)20-14-13(19-15)21-25-22-14/h1,3-4,11H,2,5-10H2,(H,18,19,21). The van der Waals surface area contributed by atoms with Crippen molar-refractivity contribution >= 4 is 34.7 Å². The molecule has 10 heteroatoms. The van der Waals surface area contributed by atoms with Crippen LogP contribution in [0.15, 0.2) is 29.2 Å². The lowest BCUT2D eigenvalue weighted by Gasteiger charge is -2.28. The number of anilines is 2. The molecule has 3 aromatic heterocycles. The van der Waals surface area contributed by atoms with Gasteiger partial charge >= 0.3 is 0 Å². The summed E-state index contributed by atoms with van der Waals surface area (Å²) in [6, 6.07) is 3.75. The molecular formula is C16H19N7O2S. The SMILES string of the molecule is c1cncc(OCCCNc2nc3nonc3nc2N2CCSCC2)c1. The number of thioether (sulfide) groups is 1. The third kappa shape index (κ3) is 3.96. The largest absolute Gasteiger partial charge is 0.492 e. The van der Waals surface area contributed by atoms with Crippen LogP contribution in [-0.4, -0.2) is 63.0 Å². The molecule has 3 aromatic rings. The highest BCUT2D eigenvalue weighted by Gasteiger charge is 2.20. The number of nitrogens with one attached hydrogen (secondary N) is 1. The molecule has 1 saturated heterocycles. The van der Waals surface area contributed by atoms with Gasteiger partial charge < -0.3 is 15.0 Å². The minimum absolute atomic E-state index is 0.411. The predicted octanol–water partition coefficient (Wildman–Crippen LogP) is 1.84. The zero-order valence-electron chi connectivity index (χ0n) is 14.2. The molecule has 9 nitrogen and oxygen atoms in total. The monoisotopic (exact) mass is 373 g/mol. The van der Waals surface area contributed by atoms with Crippen LogP contribution in [0.2, 0.25) is 0 Å². The summed E-state index contributed by atoms with van der Waals surface area (Å²) in [4.78, 5) is 15.4. The van der Waals surface area contributed by atoms with Crippen molar-refractivity contribution in [1.29, 1.82) is 0 Å². The van der Waals surface area contributed by atoms with Crippen LogP contribution in [0, 0.1) is 0 Å². The normalized spacial score (nSPS) is 14.5. The van der Waals surface area contributed by atoms with Gasteiger partial charge in [0.05, 0.1) is 12.8 Å². The maximum atomic E-state index is 5.66. The molecule has 1 fully saturated rings. The van der Waals surface area contributed by atoms with E-state index in [1.54, 1.807) is 12.4 Å². The van der Waals surface area contributed by atoms with Gasteiger partial charge in [-0.3, -0.25) is 4.98 Å². The van der Waals surface area contributed by atoms with Crippen LogP contribution < -0.4 is 15.0 Å². The van der Waals surface area contributed by atoms with Crippen LogP contribution in [-0.2, 0) is 0 Å². The number of hydrogen-bond acceptors (Lipinski definition) is 10. The second-order valence-electron chi connectivity index (χ2n) is 5.72. The number of rotatable bonds is 7. The zero-order chi connectivity index (χ0) is 17.6. The van der Waals surface area contributed by atoms with Gasteiger partial charge in [0.25, 0.3) is 0 Å².